The summed E-state index contributed by atoms with van der Waals surface area (Å²) in [7, 11) is 1.71. The van der Waals surface area contributed by atoms with Crippen LogP contribution in [0, 0.1) is 13.8 Å². The van der Waals surface area contributed by atoms with Crippen LogP contribution in [0.5, 0.6) is 0 Å². The Balaban J connectivity index is 2.18. The summed E-state index contributed by atoms with van der Waals surface area (Å²) in [5, 5.41) is 8.06. The van der Waals surface area contributed by atoms with Gasteiger partial charge in [0.25, 0.3) is 5.91 Å². The van der Waals surface area contributed by atoms with Crippen LogP contribution in [-0.4, -0.2) is 32.8 Å². The minimum atomic E-state index is -0.213. The average Bonchev–Trinajstić information content (AvgIpc) is 2.94. The molecule has 0 aliphatic rings. The first-order chi connectivity index (χ1) is 9.43. The summed E-state index contributed by atoms with van der Waals surface area (Å²) in [4.78, 5) is 13.9. The number of nitrogens with two attached hydrogens (primary N) is 1. The number of aryl methyl sites for hydroxylation is 3. The van der Waals surface area contributed by atoms with Crippen molar-refractivity contribution < 1.29 is 9.32 Å². The van der Waals surface area contributed by atoms with Crippen molar-refractivity contribution in [3.63, 3.8) is 0 Å². The summed E-state index contributed by atoms with van der Waals surface area (Å²) in [5.41, 5.74) is 8.19. The Kier molecular flexibility index (Phi) is 3.78. The molecule has 20 heavy (non-hydrogen) atoms. The molecule has 108 valence electrons. The van der Waals surface area contributed by atoms with E-state index < -0.39 is 0 Å². The maximum Gasteiger partial charge on any atom is 0.276 e. The molecule has 7 nitrogen and oxygen atoms in total. The molecule has 0 saturated carbocycles. The minimum absolute atomic E-state index is 0.213. The van der Waals surface area contributed by atoms with Crippen LogP contribution in [-0.2, 0) is 13.1 Å². The molecule has 7 heteroatoms. The number of nitrogens with zero attached hydrogens (tertiary/aromatic N) is 4. The smallest absolute Gasteiger partial charge is 0.276 e. The number of amides is 1. The molecule has 0 aromatic carbocycles. The first kappa shape index (κ1) is 14.1. The van der Waals surface area contributed by atoms with Gasteiger partial charge >= 0.3 is 0 Å². The average molecular weight is 277 g/mol. The highest BCUT2D eigenvalue weighted by Gasteiger charge is 2.21. The van der Waals surface area contributed by atoms with E-state index in [9.17, 15) is 4.79 Å². The van der Waals surface area contributed by atoms with E-state index in [2.05, 4.69) is 10.3 Å². The molecular weight excluding hydrogens is 258 g/mol. The van der Waals surface area contributed by atoms with Gasteiger partial charge in [-0.15, -0.1) is 0 Å². The second kappa shape index (κ2) is 5.36. The number of hydrogen-bond donors (Lipinski definition) is 1. The number of carbonyl (C=O) groups excluding carboxylic acids is 1. The Morgan fingerprint density at radius 2 is 2.20 bits per heavy atom. The molecule has 2 heterocycles. The second-order valence-electron chi connectivity index (χ2n) is 4.75. The van der Waals surface area contributed by atoms with Gasteiger partial charge in [-0.1, -0.05) is 5.16 Å². The highest BCUT2D eigenvalue weighted by atomic mass is 16.5. The normalized spacial score (nSPS) is 10.8. The molecule has 0 aliphatic heterocycles. The van der Waals surface area contributed by atoms with Crippen molar-refractivity contribution in [2.45, 2.75) is 33.9 Å². The number of nitrogen functional groups attached to an aromatic ring is 1. The Hall–Kier alpha value is -2.31. The summed E-state index contributed by atoms with van der Waals surface area (Å²) >= 11 is 0. The molecule has 2 rings (SSSR count). The van der Waals surface area contributed by atoms with Gasteiger partial charge in [0.05, 0.1) is 17.9 Å². The summed E-state index contributed by atoms with van der Waals surface area (Å²) in [6, 6.07) is 0. The van der Waals surface area contributed by atoms with E-state index >= 15 is 0 Å². The first-order valence-corrected chi connectivity index (χ1v) is 6.44. The molecular formula is C13H19N5O2. The topological polar surface area (TPSA) is 90.2 Å². The van der Waals surface area contributed by atoms with Gasteiger partial charge in [-0.25, -0.2) is 0 Å². The van der Waals surface area contributed by atoms with E-state index in [-0.39, 0.29) is 11.6 Å². The molecule has 1 amide bonds. The lowest BCUT2D eigenvalue weighted by Crippen LogP contribution is -2.27. The van der Waals surface area contributed by atoms with Crippen molar-refractivity contribution in [1.82, 2.24) is 19.8 Å². The molecule has 0 unspecified atom stereocenters. The van der Waals surface area contributed by atoms with Gasteiger partial charge in [-0.3, -0.25) is 9.48 Å². The lowest BCUT2D eigenvalue weighted by atomic mass is 10.2. The molecule has 0 fully saturated rings. The van der Waals surface area contributed by atoms with Gasteiger partial charge in [-0.2, -0.15) is 5.10 Å². The van der Waals surface area contributed by atoms with Crippen molar-refractivity contribution in [2.24, 2.45) is 0 Å². The summed E-state index contributed by atoms with van der Waals surface area (Å²) in [6.45, 7) is 6.70. The number of aromatic nitrogens is 3. The van der Waals surface area contributed by atoms with E-state index in [0.29, 0.717) is 24.5 Å². The summed E-state index contributed by atoms with van der Waals surface area (Å²) < 4.78 is 6.74. The van der Waals surface area contributed by atoms with Gasteiger partial charge in [0.1, 0.15) is 5.76 Å². The van der Waals surface area contributed by atoms with Crippen molar-refractivity contribution >= 4 is 11.6 Å². The van der Waals surface area contributed by atoms with Crippen LogP contribution in [0.1, 0.15) is 34.4 Å². The predicted octanol–water partition coefficient (Wildman–Crippen LogP) is 1.36. The van der Waals surface area contributed by atoms with Crippen LogP contribution in [0.15, 0.2) is 10.7 Å². The minimum Gasteiger partial charge on any atom is -0.396 e. The van der Waals surface area contributed by atoms with E-state index in [1.165, 1.54) is 0 Å². The summed E-state index contributed by atoms with van der Waals surface area (Å²) in [5.74, 6) is 0.504. The first-order valence-electron chi connectivity index (χ1n) is 6.44. The Bertz CT molecular complexity index is 609. The maximum atomic E-state index is 12.4. The molecule has 0 radical (unpaired) electrons. The van der Waals surface area contributed by atoms with Crippen molar-refractivity contribution in [3.05, 3.63) is 28.9 Å². The molecule has 0 aliphatic carbocycles. The van der Waals surface area contributed by atoms with E-state index in [1.807, 2.05) is 20.8 Å². The fraction of sp³-hybridized carbons (Fsp3) is 0.462. The van der Waals surface area contributed by atoms with Crippen LogP contribution in [0.4, 0.5) is 5.69 Å². The van der Waals surface area contributed by atoms with Gasteiger partial charge in [0.2, 0.25) is 0 Å². The van der Waals surface area contributed by atoms with Crippen molar-refractivity contribution in [2.75, 3.05) is 12.8 Å². The highest BCUT2D eigenvalue weighted by molar-refractivity contribution is 5.96. The Morgan fingerprint density at radius 3 is 2.70 bits per heavy atom. The highest BCUT2D eigenvalue weighted by Crippen LogP contribution is 2.17. The zero-order valence-corrected chi connectivity index (χ0v) is 12.2. The molecule has 0 saturated heterocycles. The van der Waals surface area contributed by atoms with Gasteiger partial charge in [0.15, 0.2) is 5.69 Å². The van der Waals surface area contributed by atoms with Crippen molar-refractivity contribution in [1.29, 1.82) is 0 Å². The van der Waals surface area contributed by atoms with E-state index in [1.54, 1.807) is 22.8 Å². The monoisotopic (exact) mass is 277 g/mol. The van der Waals surface area contributed by atoms with Crippen LogP contribution in [0.3, 0.4) is 0 Å². The molecule has 0 atom stereocenters. The van der Waals surface area contributed by atoms with Gasteiger partial charge in [-0.05, 0) is 20.8 Å². The molecule has 0 bridgehead atoms. The molecule has 2 aromatic heterocycles. The Morgan fingerprint density at radius 1 is 1.50 bits per heavy atom. The number of hydrogen-bond acceptors (Lipinski definition) is 5. The van der Waals surface area contributed by atoms with E-state index in [4.69, 9.17) is 10.3 Å². The fourth-order valence-electron chi connectivity index (χ4n) is 1.98. The molecule has 2 N–H and O–H groups in total. The third kappa shape index (κ3) is 2.52. The standard InChI is InChI=1S/C13H19N5O2/c1-5-18-7-11(14)12(15-18)13(19)17(4)6-10-8(2)16-20-9(10)3/h7H,5-6,14H2,1-4H3. The third-order valence-corrected chi connectivity index (χ3v) is 3.24. The number of rotatable bonds is 4. The van der Waals surface area contributed by atoms with Gasteiger partial charge < -0.3 is 15.2 Å². The van der Waals surface area contributed by atoms with E-state index in [0.717, 1.165) is 11.3 Å². The second-order valence-corrected chi connectivity index (χ2v) is 4.75. The van der Waals surface area contributed by atoms with Crippen molar-refractivity contribution in [3.8, 4) is 0 Å². The fourth-order valence-corrected chi connectivity index (χ4v) is 1.98. The van der Waals surface area contributed by atoms with Gasteiger partial charge in [0, 0.05) is 25.4 Å². The quantitative estimate of drug-likeness (QED) is 0.911. The lowest BCUT2D eigenvalue weighted by molar-refractivity contribution is 0.0779. The van der Waals surface area contributed by atoms with Crippen LogP contribution < -0.4 is 5.73 Å². The molecule has 2 aromatic rings. The summed E-state index contributed by atoms with van der Waals surface area (Å²) in [6.07, 6.45) is 1.66. The molecule has 0 spiro atoms. The third-order valence-electron chi connectivity index (χ3n) is 3.24. The van der Waals surface area contributed by atoms with Crippen LogP contribution in [0.2, 0.25) is 0 Å². The predicted molar refractivity (Wildman–Crippen MR) is 74.1 cm³/mol. The van der Waals surface area contributed by atoms with Crippen LogP contribution in [0.25, 0.3) is 0 Å². The Labute approximate surface area is 117 Å². The van der Waals surface area contributed by atoms with Crippen LogP contribution >= 0.6 is 0 Å². The lowest BCUT2D eigenvalue weighted by Gasteiger charge is -2.15. The zero-order chi connectivity index (χ0) is 14.9. The largest absolute Gasteiger partial charge is 0.396 e. The number of anilines is 1. The maximum absolute atomic E-state index is 12.4. The zero-order valence-electron chi connectivity index (χ0n) is 12.2. The number of carbonyl (C=O) groups is 1. The SMILES string of the molecule is CCn1cc(N)c(C(=O)N(C)Cc2c(C)noc2C)n1.